The number of hydrogen-bond donors (Lipinski definition) is 1. The molecule has 5 rings (SSSR count). The summed E-state index contributed by atoms with van der Waals surface area (Å²) in [7, 11) is -3.72. The van der Waals surface area contributed by atoms with E-state index in [1.807, 2.05) is 17.7 Å². The van der Waals surface area contributed by atoms with E-state index in [9.17, 15) is 8.42 Å². The summed E-state index contributed by atoms with van der Waals surface area (Å²) < 4.78 is 41.3. The number of sulfonamides is 1. The summed E-state index contributed by atoms with van der Waals surface area (Å²) in [5.74, 6) is 3.63. The summed E-state index contributed by atoms with van der Waals surface area (Å²) in [5.41, 5.74) is 1.32. The van der Waals surface area contributed by atoms with E-state index in [1.54, 1.807) is 61.7 Å². The smallest absolute Gasteiger partial charge is 0.261 e. The van der Waals surface area contributed by atoms with Gasteiger partial charge in [0.05, 0.1) is 11.5 Å². The zero-order valence-corrected chi connectivity index (χ0v) is 18.8. The third kappa shape index (κ3) is 4.37. The molecule has 0 fully saturated rings. The van der Waals surface area contributed by atoms with Crippen molar-refractivity contribution < 1.29 is 17.9 Å². The van der Waals surface area contributed by atoms with Gasteiger partial charge in [0.25, 0.3) is 10.0 Å². The van der Waals surface area contributed by atoms with Gasteiger partial charge in [0, 0.05) is 30.6 Å². The van der Waals surface area contributed by atoms with Crippen molar-refractivity contribution >= 4 is 15.7 Å². The van der Waals surface area contributed by atoms with Crippen molar-refractivity contribution in [1.82, 2.24) is 19.5 Å². The van der Waals surface area contributed by atoms with Gasteiger partial charge in [0.15, 0.2) is 0 Å². The molecule has 2 aromatic heterocycles. The van der Waals surface area contributed by atoms with E-state index in [-0.39, 0.29) is 4.90 Å². The van der Waals surface area contributed by atoms with Gasteiger partial charge >= 0.3 is 0 Å². The van der Waals surface area contributed by atoms with Crippen LogP contribution in [0.2, 0.25) is 0 Å². The molecule has 0 saturated heterocycles. The number of benzene rings is 2. The fourth-order valence-corrected chi connectivity index (χ4v) is 4.69. The molecule has 0 unspecified atom stereocenters. The second-order valence-electron chi connectivity index (χ2n) is 7.56. The number of aryl methyl sites for hydroxylation is 2. The van der Waals surface area contributed by atoms with Crippen LogP contribution in [0, 0.1) is 13.8 Å². The average molecular weight is 464 g/mol. The number of nitrogens with zero attached hydrogens (tertiary/aromatic N) is 4. The molecule has 0 amide bonds. The van der Waals surface area contributed by atoms with Crippen molar-refractivity contribution in [2.24, 2.45) is 0 Å². The highest BCUT2D eigenvalue weighted by molar-refractivity contribution is 7.92. The Hall–Kier alpha value is -3.92. The van der Waals surface area contributed by atoms with Crippen LogP contribution in [0.25, 0.3) is 5.82 Å². The molecule has 33 heavy (non-hydrogen) atoms. The number of anilines is 1. The Kier molecular flexibility index (Phi) is 5.21. The molecule has 0 atom stereocenters. The Morgan fingerprint density at radius 3 is 2.64 bits per heavy atom. The number of aromatic nitrogens is 4. The molecule has 1 aliphatic heterocycles. The molecule has 0 saturated carbocycles. The number of hydrogen-bond acceptors (Lipinski definition) is 7. The van der Waals surface area contributed by atoms with Crippen LogP contribution < -0.4 is 14.2 Å². The Balaban J connectivity index is 1.32. The van der Waals surface area contributed by atoms with Gasteiger partial charge in [-0.25, -0.2) is 18.4 Å². The Bertz CT molecular complexity index is 1430. The maximum absolute atomic E-state index is 12.8. The van der Waals surface area contributed by atoms with E-state index in [2.05, 4.69) is 19.7 Å². The SMILES string of the molecule is Cc1nc(Oc2ccc(NS(=O)(=O)c3ccc4c(c3)CCO4)cc2)cc(-n2ccnc2C)n1. The summed E-state index contributed by atoms with van der Waals surface area (Å²) in [6.45, 7) is 4.24. The third-order valence-electron chi connectivity index (χ3n) is 5.17. The van der Waals surface area contributed by atoms with Gasteiger partial charge in [0.1, 0.15) is 29.0 Å². The standard InChI is InChI=1S/C23H21N5O4S/c1-15-25-22(28-11-10-24-16(28)2)14-23(26-15)32-19-5-3-18(4-6-19)27-33(29,30)20-7-8-21-17(13-20)9-12-31-21/h3-8,10-11,13-14,27H,9,12H2,1-2H3. The molecule has 9 nitrogen and oxygen atoms in total. The van der Waals surface area contributed by atoms with Gasteiger partial charge in [-0.1, -0.05) is 0 Å². The Morgan fingerprint density at radius 1 is 1.06 bits per heavy atom. The second-order valence-corrected chi connectivity index (χ2v) is 9.24. The molecule has 10 heteroatoms. The molecule has 0 spiro atoms. The van der Waals surface area contributed by atoms with E-state index in [1.165, 1.54) is 0 Å². The number of rotatable bonds is 6. The summed E-state index contributed by atoms with van der Waals surface area (Å²) in [4.78, 5) is 13.2. The monoisotopic (exact) mass is 463 g/mol. The normalized spacial score (nSPS) is 12.8. The van der Waals surface area contributed by atoms with E-state index < -0.39 is 10.0 Å². The van der Waals surface area contributed by atoms with Crippen LogP contribution in [0.5, 0.6) is 17.4 Å². The van der Waals surface area contributed by atoms with Gasteiger partial charge in [0.2, 0.25) is 5.88 Å². The van der Waals surface area contributed by atoms with Gasteiger partial charge < -0.3 is 9.47 Å². The first kappa shape index (κ1) is 21.0. The van der Waals surface area contributed by atoms with Crippen LogP contribution in [-0.4, -0.2) is 34.5 Å². The number of ether oxygens (including phenoxy) is 2. The fourth-order valence-electron chi connectivity index (χ4n) is 3.58. The topological polar surface area (TPSA) is 108 Å². The minimum absolute atomic E-state index is 0.200. The first-order valence-corrected chi connectivity index (χ1v) is 11.8. The highest BCUT2D eigenvalue weighted by atomic mass is 32.2. The number of nitrogens with one attached hydrogen (secondary N) is 1. The van der Waals surface area contributed by atoms with Crippen LogP contribution in [0.15, 0.2) is 65.8 Å². The van der Waals surface area contributed by atoms with Gasteiger partial charge in [-0.3, -0.25) is 9.29 Å². The lowest BCUT2D eigenvalue weighted by molar-refractivity contribution is 0.356. The zero-order chi connectivity index (χ0) is 23.0. The van der Waals surface area contributed by atoms with Gasteiger partial charge in [-0.15, -0.1) is 0 Å². The van der Waals surface area contributed by atoms with Crippen molar-refractivity contribution in [3.05, 3.63) is 78.1 Å². The Morgan fingerprint density at radius 2 is 1.88 bits per heavy atom. The number of fused-ring (bicyclic) bond motifs is 1. The molecular weight excluding hydrogens is 442 g/mol. The van der Waals surface area contributed by atoms with Crippen molar-refractivity contribution in [2.75, 3.05) is 11.3 Å². The average Bonchev–Trinajstić information content (AvgIpc) is 3.42. The lowest BCUT2D eigenvalue weighted by Gasteiger charge is -2.11. The largest absolute Gasteiger partial charge is 0.493 e. The van der Waals surface area contributed by atoms with Crippen LogP contribution >= 0.6 is 0 Å². The zero-order valence-electron chi connectivity index (χ0n) is 18.0. The molecule has 1 aliphatic rings. The van der Waals surface area contributed by atoms with E-state index in [4.69, 9.17) is 9.47 Å². The quantitative estimate of drug-likeness (QED) is 0.463. The predicted molar refractivity (Wildman–Crippen MR) is 122 cm³/mol. The molecule has 0 aliphatic carbocycles. The first-order chi connectivity index (χ1) is 15.9. The molecular formula is C23H21N5O4S. The molecule has 2 aromatic carbocycles. The second kappa shape index (κ2) is 8.21. The number of imidazole rings is 1. The van der Waals surface area contributed by atoms with Crippen LogP contribution in [0.3, 0.4) is 0 Å². The molecule has 0 bridgehead atoms. The van der Waals surface area contributed by atoms with Crippen molar-refractivity contribution in [3.8, 4) is 23.2 Å². The summed E-state index contributed by atoms with van der Waals surface area (Å²) in [5, 5.41) is 0. The van der Waals surface area contributed by atoms with Gasteiger partial charge in [-0.2, -0.15) is 4.98 Å². The van der Waals surface area contributed by atoms with Crippen molar-refractivity contribution in [3.63, 3.8) is 0 Å². The maximum Gasteiger partial charge on any atom is 0.261 e. The maximum atomic E-state index is 12.8. The van der Waals surface area contributed by atoms with E-state index in [0.29, 0.717) is 42.0 Å². The first-order valence-electron chi connectivity index (χ1n) is 10.3. The lowest BCUT2D eigenvalue weighted by Crippen LogP contribution is -2.13. The van der Waals surface area contributed by atoms with Crippen molar-refractivity contribution in [1.29, 1.82) is 0 Å². The molecule has 0 radical (unpaired) electrons. The van der Waals surface area contributed by atoms with Crippen LogP contribution in [0.1, 0.15) is 17.2 Å². The highest BCUT2D eigenvalue weighted by Crippen LogP contribution is 2.29. The molecule has 168 valence electrons. The van der Waals surface area contributed by atoms with Crippen LogP contribution in [-0.2, 0) is 16.4 Å². The minimum atomic E-state index is -3.72. The Labute approximate surface area is 191 Å². The minimum Gasteiger partial charge on any atom is -0.493 e. The molecule has 3 heterocycles. The van der Waals surface area contributed by atoms with Crippen LogP contribution in [0.4, 0.5) is 5.69 Å². The summed E-state index contributed by atoms with van der Waals surface area (Å²) in [6.07, 6.45) is 4.22. The summed E-state index contributed by atoms with van der Waals surface area (Å²) in [6, 6.07) is 13.2. The molecule has 4 aromatic rings. The fraction of sp³-hybridized carbons (Fsp3) is 0.174. The van der Waals surface area contributed by atoms with E-state index in [0.717, 1.165) is 17.1 Å². The third-order valence-corrected chi connectivity index (χ3v) is 6.55. The van der Waals surface area contributed by atoms with Gasteiger partial charge in [-0.05, 0) is 61.9 Å². The molecule has 1 N–H and O–H groups in total. The van der Waals surface area contributed by atoms with E-state index >= 15 is 0 Å². The highest BCUT2D eigenvalue weighted by Gasteiger charge is 2.19. The van der Waals surface area contributed by atoms with Crippen molar-refractivity contribution in [2.45, 2.75) is 25.2 Å². The predicted octanol–water partition coefficient (Wildman–Crippen LogP) is 3.81. The lowest BCUT2D eigenvalue weighted by atomic mass is 10.2. The summed E-state index contributed by atoms with van der Waals surface area (Å²) >= 11 is 0.